The molecule has 7 heteroatoms. The van der Waals surface area contributed by atoms with Crippen molar-refractivity contribution in [1.29, 1.82) is 0 Å². The summed E-state index contributed by atoms with van der Waals surface area (Å²) in [6.07, 6.45) is 2.21. The van der Waals surface area contributed by atoms with Crippen LogP contribution in [0.4, 0.5) is 0 Å². The summed E-state index contributed by atoms with van der Waals surface area (Å²) in [5, 5.41) is 4.00. The van der Waals surface area contributed by atoms with Gasteiger partial charge in [-0.25, -0.2) is 13.4 Å². The first kappa shape index (κ1) is 11.9. The third-order valence-electron chi connectivity index (χ3n) is 1.66. The topological polar surface area (TPSA) is 64.8 Å². The van der Waals surface area contributed by atoms with Crippen LogP contribution >= 0.6 is 22.6 Å². The van der Waals surface area contributed by atoms with E-state index in [1.807, 2.05) is 29.5 Å². The maximum Gasteiger partial charge on any atom is 0.211 e. The summed E-state index contributed by atoms with van der Waals surface area (Å²) in [5.74, 6) is 0.388. The van der Waals surface area contributed by atoms with Crippen LogP contribution in [0, 0.1) is 3.83 Å². The Morgan fingerprint density at radius 3 is 2.71 bits per heavy atom. The molecular formula is C7H12IN3O2S. The molecule has 0 bridgehead atoms. The van der Waals surface area contributed by atoms with E-state index in [-0.39, 0.29) is 11.5 Å². The smallest absolute Gasteiger partial charge is 0.211 e. The molecule has 0 aliphatic carbocycles. The predicted octanol–water partition coefficient (Wildman–Crippen LogP) is 0.708. The molecule has 0 fully saturated rings. The second-order valence-electron chi connectivity index (χ2n) is 2.93. The minimum atomic E-state index is -2.91. The fourth-order valence-corrected chi connectivity index (χ4v) is 2.72. The van der Waals surface area contributed by atoms with Crippen molar-refractivity contribution in [1.82, 2.24) is 14.8 Å². The molecule has 1 aromatic rings. The van der Waals surface area contributed by atoms with Gasteiger partial charge in [0.25, 0.3) is 0 Å². The molecule has 0 atom stereocenters. The largest absolute Gasteiger partial charge is 0.251 e. The highest BCUT2D eigenvalue weighted by Crippen LogP contribution is 1.97. The van der Waals surface area contributed by atoms with E-state index in [9.17, 15) is 8.42 Å². The van der Waals surface area contributed by atoms with Crippen molar-refractivity contribution >= 4 is 32.4 Å². The van der Waals surface area contributed by atoms with Crippen molar-refractivity contribution in [2.45, 2.75) is 19.9 Å². The van der Waals surface area contributed by atoms with E-state index in [1.165, 1.54) is 0 Å². The molecule has 0 spiro atoms. The third-order valence-corrected chi connectivity index (χ3v) is 3.98. The fraction of sp³-hybridized carbons (Fsp3) is 0.714. The molecule has 1 aromatic heterocycles. The van der Waals surface area contributed by atoms with E-state index < -0.39 is 9.84 Å². The van der Waals surface area contributed by atoms with E-state index in [0.29, 0.717) is 16.8 Å². The fourth-order valence-electron chi connectivity index (χ4n) is 1.03. The van der Waals surface area contributed by atoms with Crippen LogP contribution in [0.1, 0.15) is 13.3 Å². The van der Waals surface area contributed by atoms with Gasteiger partial charge in [0, 0.05) is 28.3 Å². The Labute approximate surface area is 97.0 Å². The monoisotopic (exact) mass is 329 g/mol. The zero-order chi connectivity index (χ0) is 10.6. The van der Waals surface area contributed by atoms with Crippen LogP contribution in [0.3, 0.4) is 0 Å². The van der Waals surface area contributed by atoms with Crippen LogP contribution in [-0.4, -0.2) is 34.7 Å². The minimum Gasteiger partial charge on any atom is -0.251 e. The van der Waals surface area contributed by atoms with E-state index in [4.69, 9.17) is 0 Å². The average molecular weight is 329 g/mol. The van der Waals surface area contributed by atoms with Crippen LogP contribution < -0.4 is 0 Å². The van der Waals surface area contributed by atoms with Crippen LogP contribution in [0.5, 0.6) is 0 Å². The maximum absolute atomic E-state index is 11.3. The van der Waals surface area contributed by atoms with Gasteiger partial charge in [-0.05, 0) is 6.42 Å². The number of halogens is 1. The number of aromatic nitrogens is 3. The second-order valence-corrected chi connectivity index (χ2v) is 6.20. The molecule has 0 aliphatic heterocycles. The lowest BCUT2D eigenvalue weighted by atomic mass is 10.6. The number of nitrogens with zero attached hydrogens (tertiary/aromatic N) is 3. The van der Waals surface area contributed by atoms with E-state index >= 15 is 0 Å². The van der Waals surface area contributed by atoms with E-state index in [0.717, 1.165) is 0 Å². The van der Waals surface area contributed by atoms with Gasteiger partial charge in [0.05, 0.1) is 12.3 Å². The van der Waals surface area contributed by atoms with Gasteiger partial charge in [0.15, 0.2) is 9.84 Å². The molecular weight excluding hydrogens is 317 g/mol. The molecule has 0 saturated heterocycles. The molecule has 0 N–H and O–H groups in total. The number of sulfone groups is 1. The SMILES string of the molecule is CCCS(=O)(=O)CCn1cnc(I)n1. The standard InChI is InChI=1S/C7H12IN3O2S/c1-2-4-14(12,13)5-3-11-6-9-7(8)10-11/h6H,2-5H2,1H3. The quantitative estimate of drug-likeness (QED) is 0.747. The lowest BCUT2D eigenvalue weighted by Crippen LogP contribution is -2.16. The third kappa shape index (κ3) is 3.91. The van der Waals surface area contributed by atoms with Crippen LogP contribution in [-0.2, 0) is 16.4 Å². The molecule has 0 aliphatic rings. The molecule has 80 valence electrons. The number of aryl methyl sites for hydroxylation is 1. The molecule has 0 amide bonds. The highest BCUT2D eigenvalue weighted by atomic mass is 127. The van der Waals surface area contributed by atoms with Crippen LogP contribution in [0.25, 0.3) is 0 Å². The number of hydrogen-bond donors (Lipinski definition) is 0. The number of hydrogen-bond acceptors (Lipinski definition) is 4. The van der Waals surface area contributed by atoms with Crippen molar-refractivity contribution in [3.63, 3.8) is 0 Å². The van der Waals surface area contributed by atoms with E-state index in [2.05, 4.69) is 10.1 Å². The average Bonchev–Trinajstić information content (AvgIpc) is 2.48. The van der Waals surface area contributed by atoms with Gasteiger partial charge in [0.1, 0.15) is 6.33 Å². The Bertz CT molecular complexity index is 387. The lowest BCUT2D eigenvalue weighted by Gasteiger charge is -2.01. The Kier molecular flexibility index (Phi) is 4.30. The summed E-state index contributed by atoms with van der Waals surface area (Å²) in [6, 6.07) is 0. The van der Waals surface area contributed by atoms with Crippen molar-refractivity contribution in [3.05, 3.63) is 10.2 Å². The van der Waals surface area contributed by atoms with Crippen LogP contribution in [0.15, 0.2) is 6.33 Å². The molecule has 0 radical (unpaired) electrons. The maximum atomic E-state index is 11.3. The Morgan fingerprint density at radius 1 is 1.50 bits per heavy atom. The molecule has 0 aromatic carbocycles. The summed E-state index contributed by atoms with van der Waals surface area (Å²) in [5.41, 5.74) is 0. The predicted molar refractivity (Wildman–Crippen MR) is 61.7 cm³/mol. The molecule has 14 heavy (non-hydrogen) atoms. The molecule has 1 rings (SSSR count). The molecule has 0 unspecified atom stereocenters. The molecule has 5 nitrogen and oxygen atoms in total. The normalized spacial score (nSPS) is 11.9. The van der Waals surface area contributed by atoms with Crippen molar-refractivity contribution in [2.24, 2.45) is 0 Å². The van der Waals surface area contributed by atoms with E-state index in [1.54, 1.807) is 11.0 Å². The molecule has 1 heterocycles. The van der Waals surface area contributed by atoms with Gasteiger partial charge in [0.2, 0.25) is 3.83 Å². The van der Waals surface area contributed by atoms with Gasteiger partial charge >= 0.3 is 0 Å². The number of rotatable bonds is 5. The summed E-state index contributed by atoms with van der Waals surface area (Å²) in [7, 11) is -2.91. The van der Waals surface area contributed by atoms with Gasteiger partial charge in [-0.3, -0.25) is 4.68 Å². The van der Waals surface area contributed by atoms with Gasteiger partial charge < -0.3 is 0 Å². The summed E-state index contributed by atoms with van der Waals surface area (Å²) in [6.45, 7) is 2.24. The van der Waals surface area contributed by atoms with Crippen molar-refractivity contribution in [2.75, 3.05) is 11.5 Å². The zero-order valence-corrected chi connectivity index (χ0v) is 10.8. The first-order valence-corrected chi connectivity index (χ1v) is 7.19. The first-order chi connectivity index (χ1) is 6.53. The van der Waals surface area contributed by atoms with Gasteiger partial charge in [-0.2, -0.15) is 0 Å². The highest BCUT2D eigenvalue weighted by Gasteiger charge is 2.09. The van der Waals surface area contributed by atoms with Gasteiger partial charge in [-0.15, -0.1) is 5.10 Å². The van der Waals surface area contributed by atoms with Gasteiger partial charge in [-0.1, -0.05) is 6.92 Å². The van der Waals surface area contributed by atoms with Crippen molar-refractivity contribution < 1.29 is 8.42 Å². The minimum absolute atomic E-state index is 0.139. The van der Waals surface area contributed by atoms with Crippen LogP contribution in [0.2, 0.25) is 0 Å². The molecule has 0 saturated carbocycles. The highest BCUT2D eigenvalue weighted by molar-refractivity contribution is 14.1. The summed E-state index contributed by atoms with van der Waals surface area (Å²) < 4.78 is 24.9. The first-order valence-electron chi connectivity index (χ1n) is 4.29. The lowest BCUT2D eigenvalue weighted by molar-refractivity contribution is 0.578. The Morgan fingerprint density at radius 2 is 2.21 bits per heavy atom. The van der Waals surface area contributed by atoms with Crippen molar-refractivity contribution in [3.8, 4) is 0 Å². The second kappa shape index (κ2) is 5.06. The zero-order valence-electron chi connectivity index (χ0n) is 7.85. The summed E-state index contributed by atoms with van der Waals surface area (Å²) in [4.78, 5) is 3.91. The Balaban J connectivity index is 2.48. The summed E-state index contributed by atoms with van der Waals surface area (Å²) >= 11 is 1.99. The Hall–Kier alpha value is -0.180.